The summed E-state index contributed by atoms with van der Waals surface area (Å²) in [6, 6.07) is 5.81. The van der Waals surface area contributed by atoms with Crippen molar-refractivity contribution >= 4 is 15.9 Å². The van der Waals surface area contributed by atoms with Crippen LogP contribution in [0.1, 0.15) is 24.4 Å². The minimum atomic E-state index is -0.232. The van der Waals surface area contributed by atoms with E-state index in [9.17, 15) is 4.39 Å². The highest BCUT2D eigenvalue weighted by atomic mass is 79.9. The van der Waals surface area contributed by atoms with Gasteiger partial charge in [-0.25, -0.2) is 4.39 Å². The topological polar surface area (TPSA) is 32.5 Å². The third-order valence-electron chi connectivity index (χ3n) is 4.22. The fourth-order valence-electron chi connectivity index (χ4n) is 2.98. The zero-order valence-corrected chi connectivity index (χ0v) is 13.7. The summed E-state index contributed by atoms with van der Waals surface area (Å²) in [7, 11) is 4.28. The van der Waals surface area contributed by atoms with Crippen LogP contribution >= 0.6 is 15.9 Å². The first-order valence-electron chi connectivity index (χ1n) is 7.08. The molecule has 1 aromatic rings. The van der Waals surface area contributed by atoms with Crippen molar-refractivity contribution in [2.45, 2.75) is 24.9 Å². The molecular weight excluding hydrogens is 321 g/mol. The van der Waals surface area contributed by atoms with Crippen molar-refractivity contribution in [2.75, 3.05) is 33.7 Å². The van der Waals surface area contributed by atoms with Crippen molar-refractivity contribution in [2.24, 2.45) is 5.73 Å². The van der Waals surface area contributed by atoms with Gasteiger partial charge in [0.25, 0.3) is 0 Å². The highest BCUT2D eigenvalue weighted by Crippen LogP contribution is 2.27. The van der Waals surface area contributed by atoms with Gasteiger partial charge in [0, 0.05) is 25.2 Å². The molecule has 1 fully saturated rings. The molecule has 1 aliphatic heterocycles. The van der Waals surface area contributed by atoms with E-state index >= 15 is 0 Å². The predicted molar refractivity (Wildman–Crippen MR) is 84.2 cm³/mol. The van der Waals surface area contributed by atoms with Gasteiger partial charge in [0.15, 0.2) is 0 Å². The highest BCUT2D eigenvalue weighted by molar-refractivity contribution is 9.10. The number of nitrogens with two attached hydrogens (primary N) is 1. The van der Waals surface area contributed by atoms with Crippen LogP contribution in [-0.2, 0) is 0 Å². The number of hydrogen-bond donors (Lipinski definition) is 1. The molecule has 112 valence electrons. The maximum absolute atomic E-state index is 13.4. The summed E-state index contributed by atoms with van der Waals surface area (Å²) < 4.78 is 13.9. The standard InChI is InChI=1S/C15H23BrFN3/c1-19-7-3-4-12(10-19)20(2)15(9-18)11-5-6-14(17)13(16)8-11/h5-6,8,12,15H,3-4,7,9-10,18H2,1-2H3. The van der Waals surface area contributed by atoms with Crippen LogP contribution < -0.4 is 5.73 Å². The largest absolute Gasteiger partial charge is 0.329 e. The van der Waals surface area contributed by atoms with Crippen LogP contribution in [0.4, 0.5) is 4.39 Å². The van der Waals surface area contributed by atoms with Gasteiger partial charge in [0.05, 0.1) is 4.47 Å². The van der Waals surface area contributed by atoms with E-state index in [2.05, 4.69) is 39.8 Å². The summed E-state index contributed by atoms with van der Waals surface area (Å²) in [5.41, 5.74) is 7.04. The van der Waals surface area contributed by atoms with Gasteiger partial charge in [0.2, 0.25) is 0 Å². The summed E-state index contributed by atoms with van der Waals surface area (Å²) in [5.74, 6) is -0.232. The van der Waals surface area contributed by atoms with E-state index in [4.69, 9.17) is 5.73 Å². The summed E-state index contributed by atoms with van der Waals surface area (Å²) in [6.45, 7) is 2.77. The van der Waals surface area contributed by atoms with E-state index in [1.807, 2.05) is 12.1 Å². The van der Waals surface area contributed by atoms with Gasteiger partial charge in [-0.15, -0.1) is 0 Å². The number of rotatable bonds is 4. The Hall–Kier alpha value is -0.490. The molecule has 1 saturated heterocycles. The van der Waals surface area contributed by atoms with E-state index in [-0.39, 0.29) is 11.9 Å². The Morgan fingerprint density at radius 1 is 1.55 bits per heavy atom. The lowest BCUT2D eigenvalue weighted by molar-refractivity contribution is 0.101. The number of likely N-dealkylation sites (tertiary alicyclic amines) is 1. The van der Waals surface area contributed by atoms with Gasteiger partial charge in [0.1, 0.15) is 5.82 Å². The van der Waals surface area contributed by atoms with E-state index in [0.29, 0.717) is 17.1 Å². The first-order chi connectivity index (χ1) is 9.52. The van der Waals surface area contributed by atoms with Crippen molar-refractivity contribution in [1.82, 2.24) is 9.80 Å². The molecule has 0 amide bonds. The molecule has 20 heavy (non-hydrogen) atoms. The molecule has 3 nitrogen and oxygen atoms in total. The third-order valence-corrected chi connectivity index (χ3v) is 4.83. The number of hydrogen-bond acceptors (Lipinski definition) is 3. The summed E-state index contributed by atoms with van der Waals surface area (Å²) in [5, 5.41) is 0. The number of halogens is 2. The summed E-state index contributed by atoms with van der Waals surface area (Å²) in [4.78, 5) is 4.70. The molecule has 2 atom stereocenters. The molecule has 1 heterocycles. The normalized spacial score (nSPS) is 22.2. The fraction of sp³-hybridized carbons (Fsp3) is 0.600. The van der Waals surface area contributed by atoms with Crippen molar-refractivity contribution < 1.29 is 4.39 Å². The molecule has 1 aliphatic rings. The third kappa shape index (κ3) is 3.58. The molecule has 0 aliphatic carbocycles. The Bertz CT molecular complexity index is 455. The molecule has 0 bridgehead atoms. The maximum atomic E-state index is 13.4. The van der Waals surface area contributed by atoms with Crippen LogP contribution in [-0.4, -0.2) is 49.6 Å². The van der Waals surface area contributed by atoms with Crippen LogP contribution in [0.3, 0.4) is 0 Å². The second-order valence-corrected chi connectivity index (χ2v) is 6.50. The fourth-order valence-corrected chi connectivity index (χ4v) is 3.38. The SMILES string of the molecule is CN1CCCC(N(C)C(CN)c2ccc(F)c(Br)c2)C1. The van der Waals surface area contributed by atoms with Crippen LogP contribution in [0.15, 0.2) is 22.7 Å². The second kappa shape index (κ2) is 6.98. The molecule has 2 N–H and O–H groups in total. The number of benzene rings is 1. The number of piperidine rings is 1. The first kappa shape index (κ1) is 15.9. The van der Waals surface area contributed by atoms with Crippen molar-refractivity contribution in [1.29, 1.82) is 0 Å². The van der Waals surface area contributed by atoms with Gasteiger partial charge in [-0.1, -0.05) is 6.07 Å². The summed E-state index contributed by atoms with van der Waals surface area (Å²) >= 11 is 3.26. The van der Waals surface area contributed by atoms with E-state index in [0.717, 1.165) is 12.1 Å². The van der Waals surface area contributed by atoms with Gasteiger partial charge in [-0.2, -0.15) is 0 Å². The van der Waals surface area contributed by atoms with Crippen LogP contribution in [0, 0.1) is 5.82 Å². The van der Waals surface area contributed by atoms with Gasteiger partial charge >= 0.3 is 0 Å². The average molecular weight is 344 g/mol. The molecule has 0 spiro atoms. The lowest BCUT2D eigenvalue weighted by Crippen LogP contribution is -2.47. The Labute approximate surface area is 129 Å². The Morgan fingerprint density at radius 2 is 2.30 bits per heavy atom. The van der Waals surface area contributed by atoms with Crippen LogP contribution in [0.2, 0.25) is 0 Å². The number of nitrogens with zero attached hydrogens (tertiary/aromatic N) is 2. The smallest absolute Gasteiger partial charge is 0.137 e. The minimum Gasteiger partial charge on any atom is -0.329 e. The predicted octanol–water partition coefficient (Wildman–Crippen LogP) is 2.61. The zero-order valence-electron chi connectivity index (χ0n) is 12.1. The molecule has 5 heteroatoms. The Kier molecular flexibility index (Phi) is 5.55. The average Bonchev–Trinajstić information content (AvgIpc) is 2.43. The monoisotopic (exact) mass is 343 g/mol. The Morgan fingerprint density at radius 3 is 2.90 bits per heavy atom. The molecule has 0 aromatic heterocycles. The molecule has 0 radical (unpaired) electrons. The molecule has 0 saturated carbocycles. The first-order valence-corrected chi connectivity index (χ1v) is 7.87. The van der Waals surface area contributed by atoms with Crippen molar-refractivity contribution in [3.05, 3.63) is 34.1 Å². The summed E-state index contributed by atoms with van der Waals surface area (Å²) in [6.07, 6.45) is 2.41. The quantitative estimate of drug-likeness (QED) is 0.911. The number of likely N-dealkylation sites (N-methyl/N-ethyl adjacent to an activating group) is 2. The second-order valence-electron chi connectivity index (χ2n) is 5.65. The van der Waals surface area contributed by atoms with E-state index in [1.54, 1.807) is 0 Å². The molecule has 2 rings (SSSR count). The van der Waals surface area contributed by atoms with Crippen molar-refractivity contribution in [3.8, 4) is 0 Å². The maximum Gasteiger partial charge on any atom is 0.137 e. The lowest BCUT2D eigenvalue weighted by atomic mass is 9.99. The van der Waals surface area contributed by atoms with Crippen molar-refractivity contribution in [3.63, 3.8) is 0 Å². The molecule has 2 unspecified atom stereocenters. The van der Waals surface area contributed by atoms with Gasteiger partial charge < -0.3 is 10.6 Å². The van der Waals surface area contributed by atoms with Crippen LogP contribution in [0.5, 0.6) is 0 Å². The van der Waals surface area contributed by atoms with Crippen LogP contribution in [0.25, 0.3) is 0 Å². The minimum absolute atomic E-state index is 0.128. The van der Waals surface area contributed by atoms with Gasteiger partial charge in [-0.05, 0) is 67.1 Å². The van der Waals surface area contributed by atoms with E-state index in [1.165, 1.54) is 25.5 Å². The highest BCUT2D eigenvalue weighted by Gasteiger charge is 2.26. The van der Waals surface area contributed by atoms with Gasteiger partial charge in [-0.3, -0.25) is 4.90 Å². The molecular formula is C15H23BrFN3. The Balaban J connectivity index is 2.15. The molecule has 1 aromatic carbocycles. The zero-order chi connectivity index (χ0) is 14.7. The van der Waals surface area contributed by atoms with E-state index < -0.39 is 0 Å². The lowest BCUT2D eigenvalue weighted by Gasteiger charge is -2.40.